The Morgan fingerprint density at radius 2 is 1.67 bits per heavy atom. The number of hydrogen-bond acceptors (Lipinski definition) is 16. The zero-order chi connectivity index (χ0) is 34.3. The molecule has 0 aliphatic carbocycles. The molecule has 5 rings (SSSR count). The third kappa shape index (κ3) is 9.08. The Morgan fingerprint density at radius 3 is 2.29 bits per heavy atom. The number of aromatic hydroxyl groups is 2. The van der Waals surface area contributed by atoms with Gasteiger partial charge in [-0.2, -0.15) is 18.6 Å². The Bertz CT molecular complexity index is 2110. The van der Waals surface area contributed by atoms with Crippen molar-refractivity contribution in [2.24, 2.45) is 20.5 Å². The molecule has 0 spiro atoms. The first kappa shape index (κ1) is 37.5. The zero-order valence-corrected chi connectivity index (χ0v) is 27.0. The number of aromatic nitrogens is 3. The number of rotatable bonds is 9. The van der Waals surface area contributed by atoms with Crippen molar-refractivity contribution in [3.8, 4) is 17.2 Å². The van der Waals surface area contributed by atoms with E-state index >= 15 is 0 Å². The number of aryl methyl sites for hydroxylation is 1. The first-order valence-corrected chi connectivity index (χ1v) is 15.0. The molecule has 0 saturated heterocycles. The second kappa shape index (κ2) is 16.2. The second-order valence-electron chi connectivity index (χ2n) is 9.19. The molecule has 255 valence electrons. The van der Waals surface area contributed by atoms with Crippen molar-refractivity contribution in [2.75, 3.05) is 5.73 Å². The number of aliphatic carboxylic acids is 1. The van der Waals surface area contributed by atoms with Gasteiger partial charge in [0, 0.05) is 35.6 Å². The molecule has 5 aromatic rings. The Labute approximate surface area is 285 Å². The van der Waals surface area contributed by atoms with Crippen LogP contribution in [0.2, 0.25) is 0 Å². The maximum absolute atomic E-state index is 11.3. The van der Waals surface area contributed by atoms with Gasteiger partial charge in [-0.3, -0.25) is 14.3 Å². The van der Waals surface area contributed by atoms with E-state index < -0.39 is 16.1 Å². The molecule has 2 heterocycles. The number of phenolic OH excluding ortho intramolecular Hbond substituents is 1. The predicted octanol–water partition coefficient (Wildman–Crippen LogP) is 6.32. The summed E-state index contributed by atoms with van der Waals surface area (Å²) in [6.07, 6.45) is 2.59. The summed E-state index contributed by atoms with van der Waals surface area (Å²) in [7, 11) is -4.36. The molecule has 2 aromatic heterocycles. The zero-order valence-electron chi connectivity index (χ0n) is 24.5. The van der Waals surface area contributed by atoms with Gasteiger partial charge in [0.25, 0.3) is 16.1 Å². The minimum absolute atomic E-state index is 0. The first-order valence-electron chi connectivity index (χ1n) is 12.8. The molecule has 0 aliphatic rings. The van der Waals surface area contributed by atoms with Crippen LogP contribution >= 0.6 is 12.0 Å². The van der Waals surface area contributed by atoms with Crippen molar-refractivity contribution < 1.29 is 64.8 Å². The average Bonchev–Trinajstić information content (AvgIpc) is 3.31. The number of carbonyl (C=O) groups is 1. The number of nitrogens with two attached hydrogens (primary N) is 1. The van der Waals surface area contributed by atoms with E-state index in [4.69, 9.17) is 20.9 Å². The Hall–Kier alpha value is -4.99. The second-order valence-corrected chi connectivity index (χ2v) is 11.4. The van der Waals surface area contributed by atoms with Gasteiger partial charge < -0.3 is 21.1 Å². The molecule has 0 bridgehead atoms. The maximum Gasteiger partial charge on any atom is 0.300 e. The van der Waals surface area contributed by atoms with Crippen molar-refractivity contribution in [1.29, 1.82) is 0 Å². The van der Waals surface area contributed by atoms with Gasteiger partial charge in [0.15, 0.2) is 23.0 Å². The van der Waals surface area contributed by atoms with E-state index in [1.165, 1.54) is 47.4 Å². The molecule has 7 N–H and O–H groups in total. The van der Waals surface area contributed by atoms with Crippen LogP contribution in [0.4, 0.5) is 28.6 Å². The van der Waals surface area contributed by atoms with E-state index in [9.17, 15) is 23.2 Å². The molecule has 21 heteroatoms. The standard InChI is InChI=1S/C25H20N8O8S2.C2H4O2.Cu/c1-13-22(25(26)33(32-13)16-4-6-17(7-5-16)43(37,38)39)30-28-15-3-2-14-10-21(42-41-40-36)23(24(35)18(14)11-15)31-29-19-8-9-27-12-20(19)34;1-2(3)4;/h2-12,34-36H,26H2,1H3,(H,37,38,39);1H3,(H,3,4);. The minimum atomic E-state index is -4.36. The van der Waals surface area contributed by atoms with Gasteiger partial charge in [-0.05, 0) is 60.8 Å². The number of pyridine rings is 1. The SMILES string of the molecule is CC(=O)O.Cc1nn(-c2ccc(S(=O)(=O)O)cc2)c(N)c1N=Nc1ccc2cc(SOOO)c(N=Nc3ccncc3O)c(O)c2c1.[Cu]. The summed E-state index contributed by atoms with van der Waals surface area (Å²) < 4.78 is 37.8. The molecule has 0 amide bonds. The number of nitrogen functional groups attached to an aromatic ring is 1. The number of anilines is 1. The summed E-state index contributed by atoms with van der Waals surface area (Å²) in [5.74, 6) is -1.25. The van der Waals surface area contributed by atoms with Crippen LogP contribution in [0.5, 0.6) is 11.5 Å². The summed E-state index contributed by atoms with van der Waals surface area (Å²) >= 11 is 0.565. The van der Waals surface area contributed by atoms with Gasteiger partial charge in [-0.1, -0.05) is 11.1 Å². The number of phenols is 1. The number of hydrogen-bond donors (Lipinski definition) is 6. The van der Waals surface area contributed by atoms with Gasteiger partial charge in [-0.25, -0.2) is 9.94 Å². The number of azo groups is 2. The van der Waals surface area contributed by atoms with Gasteiger partial charge in [0.1, 0.15) is 11.4 Å². The van der Waals surface area contributed by atoms with Crippen LogP contribution in [0.15, 0.2) is 97.2 Å². The van der Waals surface area contributed by atoms with E-state index in [0.717, 1.165) is 6.92 Å². The Kier molecular flexibility index (Phi) is 12.7. The van der Waals surface area contributed by atoms with Crippen molar-refractivity contribution in [3.05, 3.63) is 72.7 Å². The topological polar surface area (TPSA) is 277 Å². The van der Waals surface area contributed by atoms with Crippen molar-refractivity contribution in [2.45, 2.75) is 23.6 Å². The smallest absolute Gasteiger partial charge is 0.300 e. The number of benzene rings is 3. The summed E-state index contributed by atoms with van der Waals surface area (Å²) in [4.78, 5) is 12.7. The van der Waals surface area contributed by atoms with Crippen molar-refractivity contribution in [3.63, 3.8) is 0 Å². The molecular formula is C27H24CuN8O10S2. The van der Waals surface area contributed by atoms with Gasteiger partial charge in [0.2, 0.25) is 0 Å². The summed E-state index contributed by atoms with van der Waals surface area (Å²) in [6.45, 7) is 2.75. The largest absolute Gasteiger partial charge is 0.505 e. The molecule has 0 aliphatic heterocycles. The number of fused-ring (bicyclic) bond motifs is 1. The molecule has 3 aromatic carbocycles. The number of carboxylic acids is 1. The van der Waals surface area contributed by atoms with Gasteiger partial charge in [0.05, 0.1) is 45.1 Å². The molecule has 0 fully saturated rings. The van der Waals surface area contributed by atoms with Crippen LogP contribution in [-0.2, 0) is 41.4 Å². The van der Waals surface area contributed by atoms with Crippen LogP contribution in [0.1, 0.15) is 12.6 Å². The minimum Gasteiger partial charge on any atom is -0.505 e. The maximum atomic E-state index is 11.3. The average molecular weight is 748 g/mol. The summed E-state index contributed by atoms with van der Waals surface area (Å²) in [5.41, 5.74) is 7.74. The molecule has 48 heavy (non-hydrogen) atoms. The molecule has 1 radical (unpaired) electrons. The number of carboxylic acid groups (broad SMARTS) is 1. The first-order chi connectivity index (χ1) is 22.3. The van der Waals surface area contributed by atoms with Crippen molar-refractivity contribution >= 4 is 67.5 Å². The molecule has 0 unspecified atom stereocenters. The van der Waals surface area contributed by atoms with Gasteiger partial charge >= 0.3 is 0 Å². The third-order valence-electron chi connectivity index (χ3n) is 5.93. The van der Waals surface area contributed by atoms with E-state index in [-0.39, 0.29) is 61.2 Å². The molecule has 0 atom stereocenters. The predicted molar refractivity (Wildman–Crippen MR) is 166 cm³/mol. The normalized spacial score (nSPS) is 11.4. The van der Waals surface area contributed by atoms with E-state index in [0.29, 0.717) is 39.9 Å². The van der Waals surface area contributed by atoms with Crippen LogP contribution in [0, 0.1) is 6.92 Å². The fourth-order valence-electron chi connectivity index (χ4n) is 3.89. The molecule has 18 nitrogen and oxygen atoms in total. The monoisotopic (exact) mass is 747 g/mol. The Balaban J connectivity index is 0.00000118. The Morgan fingerprint density at radius 1 is 1.00 bits per heavy atom. The summed E-state index contributed by atoms with van der Waals surface area (Å²) in [5, 5.41) is 62.5. The molecule has 0 saturated carbocycles. The number of nitrogens with zero attached hydrogens (tertiary/aromatic N) is 7. The fourth-order valence-corrected chi connectivity index (χ4v) is 4.87. The van der Waals surface area contributed by atoms with Crippen molar-refractivity contribution in [1.82, 2.24) is 14.8 Å². The van der Waals surface area contributed by atoms with Crippen LogP contribution in [0.25, 0.3) is 16.5 Å². The molecular weight excluding hydrogens is 724 g/mol. The fraction of sp³-hybridized carbons (Fsp3) is 0.0741. The quantitative estimate of drug-likeness (QED) is 0.0240. The summed E-state index contributed by atoms with van der Waals surface area (Å²) in [6, 6.07) is 13.1. The van der Waals surface area contributed by atoms with Gasteiger partial charge in [-0.15, -0.1) is 19.7 Å². The van der Waals surface area contributed by atoms with E-state index in [1.807, 2.05) is 0 Å². The van der Waals surface area contributed by atoms with Crippen LogP contribution in [-0.4, -0.2) is 54.3 Å². The van der Waals surface area contributed by atoms with E-state index in [2.05, 4.69) is 39.9 Å². The van der Waals surface area contributed by atoms with Crippen LogP contribution in [0.3, 0.4) is 0 Å². The third-order valence-corrected chi connectivity index (χ3v) is 7.42. The van der Waals surface area contributed by atoms with Crippen LogP contribution < -0.4 is 5.73 Å². The van der Waals surface area contributed by atoms with E-state index in [1.54, 1.807) is 31.2 Å².